The molecule has 0 N–H and O–H groups in total. The second-order valence-electron chi connectivity index (χ2n) is 3.87. The zero-order valence-electron chi connectivity index (χ0n) is 10.3. The van der Waals surface area contributed by atoms with E-state index < -0.39 is 0 Å². The molecule has 1 atom stereocenters. The van der Waals surface area contributed by atoms with Gasteiger partial charge >= 0.3 is 0 Å². The van der Waals surface area contributed by atoms with E-state index in [-0.39, 0.29) is 0 Å². The summed E-state index contributed by atoms with van der Waals surface area (Å²) in [5.41, 5.74) is 1.08. The Morgan fingerprint density at radius 3 is 2.59 bits per heavy atom. The molecule has 1 aromatic rings. The first-order chi connectivity index (χ1) is 8.13. The smallest absolute Gasteiger partial charge is 0.141 e. The number of ether oxygens (including phenoxy) is 1. The third kappa shape index (κ3) is 3.65. The molecule has 1 aromatic carbocycles. The predicted molar refractivity (Wildman–Crippen MR) is 75.5 cm³/mol. The van der Waals surface area contributed by atoms with Crippen LogP contribution in [0.25, 0.3) is 0 Å². The Bertz CT molecular complexity index is 388. The lowest BCUT2D eigenvalue weighted by atomic mass is 9.92. The summed E-state index contributed by atoms with van der Waals surface area (Å²) in [6.07, 6.45) is 3.81. The maximum absolute atomic E-state index is 6.18. The van der Waals surface area contributed by atoms with E-state index in [9.17, 15) is 0 Å². The summed E-state index contributed by atoms with van der Waals surface area (Å²) >= 11 is 12.2. The SMILES string of the molecule is C=CCC(CC)c1cc(Cl)cc(Cl)c1OCC. The molecule has 0 radical (unpaired) electrons. The van der Waals surface area contributed by atoms with E-state index in [2.05, 4.69) is 13.5 Å². The second kappa shape index (κ2) is 6.93. The predicted octanol–water partition coefficient (Wildman–Crippen LogP) is 5.46. The molecule has 17 heavy (non-hydrogen) atoms. The van der Waals surface area contributed by atoms with Gasteiger partial charge in [0.15, 0.2) is 0 Å². The standard InChI is InChI=1S/C14H18Cl2O/c1-4-7-10(5-2)12-8-11(15)9-13(16)14(12)17-6-3/h4,8-10H,1,5-7H2,2-3H3. The van der Waals surface area contributed by atoms with E-state index in [1.165, 1.54) is 0 Å². The molecule has 1 nitrogen and oxygen atoms in total. The van der Waals surface area contributed by atoms with Gasteiger partial charge in [0.1, 0.15) is 5.75 Å². The third-order valence-corrected chi connectivity index (χ3v) is 3.21. The van der Waals surface area contributed by atoms with Crippen LogP contribution in [0.4, 0.5) is 0 Å². The zero-order valence-corrected chi connectivity index (χ0v) is 11.8. The van der Waals surface area contributed by atoms with Crippen molar-refractivity contribution in [1.29, 1.82) is 0 Å². The minimum absolute atomic E-state index is 0.352. The van der Waals surface area contributed by atoms with Crippen LogP contribution in [0.3, 0.4) is 0 Å². The topological polar surface area (TPSA) is 9.23 Å². The molecule has 0 saturated heterocycles. The molecule has 1 rings (SSSR count). The maximum Gasteiger partial charge on any atom is 0.141 e. The van der Waals surface area contributed by atoms with Gasteiger partial charge in [0.25, 0.3) is 0 Å². The van der Waals surface area contributed by atoms with E-state index >= 15 is 0 Å². The van der Waals surface area contributed by atoms with Gasteiger partial charge in [-0.25, -0.2) is 0 Å². The number of hydrogen-bond donors (Lipinski definition) is 0. The second-order valence-corrected chi connectivity index (χ2v) is 4.71. The van der Waals surface area contributed by atoms with Crippen LogP contribution in [-0.4, -0.2) is 6.61 Å². The number of rotatable bonds is 6. The van der Waals surface area contributed by atoms with Crippen molar-refractivity contribution in [2.75, 3.05) is 6.61 Å². The van der Waals surface area contributed by atoms with E-state index in [0.717, 1.165) is 24.2 Å². The highest BCUT2D eigenvalue weighted by Crippen LogP contribution is 2.39. The molecular weight excluding hydrogens is 255 g/mol. The minimum atomic E-state index is 0.352. The summed E-state index contributed by atoms with van der Waals surface area (Å²) in [7, 11) is 0. The molecule has 0 amide bonds. The normalized spacial score (nSPS) is 12.2. The molecule has 1 unspecified atom stereocenters. The first-order valence-corrected chi connectivity index (χ1v) is 6.62. The molecule has 0 aliphatic heterocycles. The summed E-state index contributed by atoms with van der Waals surface area (Å²) in [5, 5.41) is 1.23. The van der Waals surface area contributed by atoms with Gasteiger partial charge in [-0.1, -0.05) is 36.2 Å². The molecule has 0 bridgehead atoms. The molecule has 0 aliphatic rings. The van der Waals surface area contributed by atoms with Crippen molar-refractivity contribution in [3.63, 3.8) is 0 Å². The molecule has 94 valence electrons. The van der Waals surface area contributed by atoms with Crippen LogP contribution >= 0.6 is 23.2 Å². The lowest BCUT2D eigenvalue weighted by Crippen LogP contribution is -2.03. The van der Waals surface area contributed by atoms with Crippen molar-refractivity contribution in [2.45, 2.75) is 32.6 Å². The average Bonchev–Trinajstić information content (AvgIpc) is 2.29. The monoisotopic (exact) mass is 272 g/mol. The Hall–Kier alpha value is -0.660. The summed E-state index contributed by atoms with van der Waals surface area (Å²) in [6, 6.07) is 3.66. The van der Waals surface area contributed by atoms with E-state index in [1.54, 1.807) is 6.07 Å². The van der Waals surface area contributed by atoms with Crippen molar-refractivity contribution in [3.05, 3.63) is 40.4 Å². The Morgan fingerprint density at radius 1 is 1.35 bits per heavy atom. The van der Waals surface area contributed by atoms with Gasteiger partial charge in [-0.3, -0.25) is 0 Å². The van der Waals surface area contributed by atoms with E-state index in [4.69, 9.17) is 27.9 Å². The van der Waals surface area contributed by atoms with E-state index in [0.29, 0.717) is 22.6 Å². The van der Waals surface area contributed by atoms with Gasteiger partial charge in [0.05, 0.1) is 11.6 Å². The first-order valence-electron chi connectivity index (χ1n) is 5.86. The van der Waals surface area contributed by atoms with Crippen molar-refractivity contribution in [1.82, 2.24) is 0 Å². The molecule has 3 heteroatoms. The number of benzene rings is 1. The molecule has 0 aliphatic carbocycles. The number of hydrogen-bond acceptors (Lipinski definition) is 1. The van der Waals surface area contributed by atoms with Gasteiger partial charge in [0, 0.05) is 10.6 Å². The van der Waals surface area contributed by atoms with E-state index in [1.807, 2.05) is 19.1 Å². The molecular formula is C14H18Cl2O. The summed E-state index contributed by atoms with van der Waals surface area (Å²) in [4.78, 5) is 0. The highest BCUT2D eigenvalue weighted by atomic mass is 35.5. The summed E-state index contributed by atoms with van der Waals surface area (Å²) in [5.74, 6) is 1.11. The summed E-state index contributed by atoms with van der Waals surface area (Å²) < 4.78 is 5.63. The van der Waals surface area contributed by atoms with Crippen LogP contribution in [-0.2, 0) is 0 Å². The van der Waals surface area contributed by atoms with Crippen molar-refractivity contribution >= 4 is 23.2 Å². The first kappa shape index (κ1) is 14.4. The van der Waals surface area contributed by atoms with Crippen LogP contribution in [0.15, 0.2) is 24.8 Å². The lowest BCUT2D eigenvalue weighted by molar-refractivity contribution is 0.334. The number of halogens is 2. The third-order valence-electron chi connectivity index (χ3n) is 2.71. The highest BCUT2D eigenvalue weighted by molar-refractivity contribution is 6.35. The molecule has 0 fully saturated rings. The van der Waals surface area contributed by atoms with Crippen LogP contribution in [0.5, 0.6) is 5.75 Å². The van der Waals surface area contributed by atoms with Crippen molar-refractivity contribution < 1.29 is 4.74 Å². The maximum atomic E-state index is 6.18. The largest absolute Gasteiger partial charge is 0.492 e. The van der Waals surface area contributed by atoms with Gasteiger partial charge < -0.3 is 4.74 Å². The fraction of sp³-hybridized carbons (Fsp3) is 0.429. The molecule has 0 heterocycles. The van der Waals surface area contributed by atoms with Crippen molar-refractivity contribution in [2.24, 2.45) is 0 Å². The van der Waals surface area contributed by atoms with Gasteiger partial charge in [-0.05, 0) is 37.8 Å². The van der Waals surface area contributed by atoms with Crippen molar-refractivity contribution in [3.8, 4) is 5.75 Å². The lowest BCUT2D eigenvalue weighted by Gasteiger charge is -2.19. The van der Waals surface area contributed by atoms with Crippen LogP contribution in [0, 0.1) is 0 Å². The Morgan fingerprint density at radius 2 is 2.06 bits per heavy atom. The fourth-order valence-electron chi connectivity index (χ4n) is 1.89. The summed E-state index contributed by atoms with van der Waals surface area (Å²) in [6.45, 7) is 8.47. The number of allylic oxidation sites excluding steroid dienone is 1. The zero-order chi connectivity index (χ0) is 12.8. The minimum Gasteiger partial charge on any atom is -0.492 e. The van der Waals surface area contributed by atoms with Gasteiger partial charge in [0.2, 0.25) is 0 Å². The molecule has 0 aromatic heterocycles. The highest BCUT2D eigenvalue weighted by Gasteiger charge is 2.17. The van der Waals surface area contributed by atoms with Crippen LogP contribution in [0.2, 0.25) is 10.0 Å². The Balaban J connectivity index is 3.21. The Kier molecular flexibility index (Phi) is 5.87. The average molecular weight is 273 g/mol. The fourth-order valence-corrected chi connectivity index (χ4v) is 2.46. The molecule has 0 spiro atoms. The quantitative estimate of drug-likeness (QED) is 0.625. The Labute approximate surface area is 113 Å². The molecule has 0 saturated carbocycles. The van der Waals surface area contributed by atoms with Gasteiger partial charge in [-0.15, -0.1) is 6.58 Å². The van der Waals surface area contributed by atoms with Crippen LogP contribution < -0.4 is 4.74 Å². The van der Waals surface area contributed by atoms with Gasteiger partial charge in [-0.2, -0.15) is 0 Å². The van der Waals surface area contributed by atoms with Crippen LogP contribution in [0.1, 0.15) is 38.2 Å².